The van der Waals surface area contributed by atoms with E-state index < -0.39 is 17.7 Å². The molecule has 1 N–H and O–H groups in total. The summed E-state index contributed by atoms with van der Waals surface area (Å²) in [5.74, 6) is -0.631. The highest BCUT2D eigenvalue weighted by Gasteiger charge is 2.33. The molecule has 1 atom stereocenters. The van der Waals surface area contributed by atoms with Gasteiger partial charge in [-0.15, -0.1) is 10.2 Å². The Labute approximate surface area is 180 Å². The average molecular weight is 456 g/mol. The summed E-state index contributed by atoms with van der Waals surface area (Å²) in [7, 11) is 0. The van der Waals surface area contributed by atoms with Gasteiger partial charge in [0.25, 0.3) is 0 Å². The lowest BCUT2D eigenvalue weighted by molar-refractivity contribution is -0.141. The van der Waals surface area contributed by atoms with Crippen LogP contribution in [-0.4, -0.2) is 16.7 Å². The number of rotatable bonds is 2. The number of halogens is 6. The molecular formula is C21H15Cl2F4N3. The molecule has 9 heteroatoms. The van der Waals surface area contributed by atoms with Crippen LogP contribution in [0, 0.1) is 5.82 Å². The Balaban J connectivity index is 1.76. The van der Waals surface area contributed by atoms with Crippen LogP contribution in [0.2, 0.25) is 10.0 Å². The zero-order chi connectivity index (χ0) is 21.5. The molecule has 2 aromatic carbocycles. The van der Waals surface area contributed by atoms with Gasteiger partial charge in [0.1, 0.15) is 5.82 Å². The standard InChI is InChI=1S/C21H15Cl2F4N3/c22-16-4-1-11(9-17(16)23)12-7-8-28-10-15-13(12)2-3-14(20(15)24)18-5-6-19(30-29-18)21(25,26)27/h1-6,9,12,28H,7-8,10H2. The van der Waals surface area contributed by atoms with Crippen LogP contribution in [0.15, 0.2) is 42.5 Å². The van der Waals surface area contributed by atoms with E-state index in [4.69, 9.17) is 23.2 Å². The van der Waals surface area contributed by atoms with Crippen molar-refractivity contribution in [3.8, 4) is 11.3 Å². The molecule has 0 fully saturated rings. The van der Waals surface area contributed by atoms with Crippen LogP contribution in [0.25, 0.3) is 11.3 Å². The Morgan fingerprint density at radius 2 is 1.77 bits per heavy atom. The molecule has 0 aliphatic carbocycles. The number of fused-ring (bicyclic) bond motifs is 1. The average Bonchev–Trinajstić information content (AvgIpc) is 2.93. The highest BCUT2D eigenvalue weighted by Crippen LogP contribution is 2.38. The summed E-state index contributed by atoms with van der Waals surface area (Å²) in [5.41, 5.74) is 1.17. The molecule has 1 aliphatic heterocycles. The molecule has 3 nitrogen and oxygen atoms in total. The molecule has 4 rings (SSSR count). The highest BCUT2D eigenvalue weighted by molar-refractivity contribution is 6.42. The fourth-order valence-electron chi connectivity index (χ4n) is 3.66. The molecule has 1 unspecified atom stereocenters. The first-order valence-electron chi connectivity index (χ1n) is 9.14. The van der Waals surface area contributed by atoms with Crippen molar-refractivity contribution >= 4 is 23.2 Å². The maximum absolute atomic E-state index is 15.4. The first-order valence-corrected chi connectivity index (χ1v) is 9.89. The molecule has 0 radical (unpaired) electrons. The van der Waals surface area contributed by atoms with E-state index in [0.717, 1.165) is 29.7 Å². The number of alkyl halides is 3. The normalized spacial score (nSPS) is 16.8. The second-order valence-corrected chi connectivity index (χ2v) is 7.80. The van der Waals surface area contributed by atoms with E-state index in [1.54, 1.807) is 18.2 Å². The number of nitrogens with zero attached hydrogens (tertiary/aromatic N) is 2. The summed E-state index contributed by atoms with van der Waals surface area (Å²) in [6.07, 6.45) is -3.88. The molecule has 156 valence electrons. The fourth-order valence-corrected chi connectivity index (χ4v) is 3.96. The minimum atomic E-state index is -4.60. The van der Waals surface area contributed by atoms with Gasteiger partial charge < -0.3 is 5.32 Å². The summed E-state index contributed by atoms with van der Waals surface area (Å²) in [4.78, 5) is 0. The Kier molecular flexibility index (Phi) is 5.70. The quantitative estimate of drug-likeness (QED) is 0.465. The summed E-state index contributed by atoms with van der Waals surface area (Å²) < 4.78 is 53.6. The first-order chi connectivity index (χ1) is 14.3. The Hall–Kier alpha value is -2.22. The number of aromatic nitrogens is 2. The minimum absolute atomic E-state index is 0.0404. The topological polar surface area (TPSA) is 37.8 Å². The van der Waals surface area contributed by atoms with Crippen molar-refractivity contribution in [2.45, 2.75) is 25.1 Å². The van der Waals surface area contributed by atoms with E-state index in [0.29, 0.717) is 28.7 Å². The third-order valence-electron chi connectivity index (χ3n) is 5.14. The number of hydrogen-bond donors (Lipinski definition) is 1. The fraction of sp³-hybridized carbons (Fsp3) is 0.238. The molecule has 0 saturated carbocycles. The third kappa shape index (κ3) is 4.02. The van der Waals surface area contributed by atoms with Crippen molar-refractivity contribution in [3.63, 3.8) is 0 Å². The van der Waals surface area contributed by atoms with Crippen molar-refractivity contribution in [1.82, 2.24) is 15.5 Å². The lowest BCUT2D eigenvalue weighted by atomic mass is 9.85. The third-order valence-corrected chi connectivity index (χ3v) is 5.88. The monoisotopic (exact) mass is 455 g/mol. The van der Waals surface area contributed by atoms with E-state index in [-0.39, 0.29) is 17.2 Å². The van der Waals surface area contributed by atoms with Crippen LogP contribution in [0.4, 0.5) is 17.6 Å². The van der Waals surface area contributed by atoms with E-state index in [1.165, 1.54) is 6.07 Å². The maximum atomic E-state index is 15.4. The molecule has 1 aliphatic rings. The van der Waals surface area contributed by atoms with Crippen molar-refractivity contribution in [2.75, 3.05) is 6.54 Å². The van der Waals surface area contributed by atoms with Gasteiger partial charge in [0.15, 0.2) is 5.69 Å². The van der Waals surface area contributed by atoms with Crippen LogP contribution in [-0.2, 0) is 12.7 Å². The van der Waals surface area contributed by atoms with Gasteiger partial charge in [0.05, 0.1) is 15.7 Å². The molecule has 0 spiro atoms. The van der Waals surface area contributed by atoms with Gasteiger partial charge in [-0.1, -0.05) is 35.3 Å². The lowest BCUT2D eigenvalue weighted by Gasteiger charge is -2.20. The van der Waals surface area contributed by atoms with E-state index in [9.17, 15) is 13.2 Å². The van der Waals surface area contributed by atoms with Crippen LogP contribution in [0.3, 0.4) is 0 Å². The number of benzene rings is 2. The van der Waals surface area contributed by atoms with E-state index in [1.807, 2.05) is 6.07 Å². The smallest absolute Gasteiger partial charge is 0.313 e. The first kappa shape index (κ1) is 21.0. The summed E-state index contributed by atoms with van der Waals surface area (Å²) in [5, 5.41) is 10.8. The SMILES string of the molecule is Fc1c(-c2ccc(C(F)(F)F)nn2)ccc2c1CNCCC2c1ccc(Cl)c(Cl)c1. The summed E-state index contributed by atoms with van der Waals surface area (Å²) in [6, 6.07) is 10.6. The van der Waals surface area contributed by atoms with Crippen molar-refractivity contribution in [3.05, 3.63) is 80.7 Å². The lowest BCUT2D eigenvalue weighted by Crippen LogP contribution is -2.13. The van der Waals surface area contributed by atoms with Gasteiger partial charge in [0.2, 0.25) is 0 Å². The van der Waals surface area contributed by atoms with Crippen LogP contribution >= 0.6 is 23.2 Å². The molecule has 0 saturated heterocycles. The molecule has 30 heavy (non-hydrogen) atoms. The zero-order valence-corrected chi connectivity index (χ0v) is 16.9. The van der Waals surface area contributed by atoms with Crippen LogP contribution in [0.5, 0.6) is 0 Å². The zero-order valence-electron chi connectivity index (χ0n) is 15.4. The Morgan fingerprint density at radius 3 is 2.43 bits per heavy atom. The van der Waals surface area contributed by atoms with Crippen molar-refractivity contribution in [2.24, 2.45) is 0 Å². The highest BCUT2D eigenvalue weighted by atomic mass is 35.5. The largest absolute Gasteiger partial charge is 0.435 e. The molecule has 2 heterocycles. The second kappa shape index (κ2) is 8.13. The van der Waals surface area contributed by atoms with Crippen molar-refractivity contribution < 1.29 is 17.6 Å². The van der Waals surface area contributed by atoms with Gasteiger partial charge in [-0.05, 0) is 54.4 Å². The van der Waals surface area contributed by atoms with Gasteiger partial charge in [-0.2, -0.15) is 13.2 Å². The predicted octanol–water partition coefficient (Wildman–Crippen LogP) is 6.23. The maximum Gasteiger partial charge on any atom is 0.435 e. The van der Waals surface area contributed by atoms with Gasteiger partial charge >= 0.3 is 6.18 Å². The molecule has 3 aromatic rings. The molecule has 0 bridgehead atoms. The minimum Gasteiger partial charge on any atom is -0.313 e. The number of nitrogens with one attached hydrogen (secondary N) is 1. The summed E-state index contributed by atoms with van der Waals surface area (Å²) >= 11 is 12.2. The van der Waals surface area contributed by atoms with Gasteiger partial charge in [0, 0.05) is 23.6 Å². The Morgan fingerprint density at radius 1 is 0.967 bits per heavy atom. The van der Waals surface area contributed by atoms with E-state index in [2.05, 4.69) is 15.5 Å². The second-order valence-electron chi connectivity index (χ2n) is 6.99. The van der Waals surface area contributed by atoms with Crippen molar-refractivity contribution in [1.29, 1.82) is 0 Å². The van der Waals surface area contributed by atoms with Crippen LogP contribution < -0.4 is 5.32 Å². The summed E-state index contributed by atoms with van der Waals surface area (Å²) in [6.45, 7) is 0.954. The molecule has 1 aromatic heterocycles. The Bertz CT molecular complexity index is 1080. The molecular weight excluding hydrogens is 441 g/mol. The van der Waals surface area contributed by atoms with Crippen LogP contribution in [0.1, 0.15) is 34.7 Å². The predicted molar refractivity (Wildman–Crippen MR) is 107 cm³/mol. The van der Waals surface area contributed by atoms with Gasteiger partial charge in [-0.25, -0.2) is 4.39 Å². The van der Waals surface area contributed by atoms with Gasteiger partial charge in [-0.3, -0.25) is 0 Å². The molecule has 0 amide bonds. The number of hydrogen-bond acceptors (Lipinski definition) is 3. The van der Waals surface area contributed by atoms with E-state index >= 15 is 4.39 Å².